The zero-order valence-corrected chi connectivity index (χ0v) is 12.3. The van der Waals surface area contributed by atoms with Gasteiger partial charge in [-0.1, -0.05) is 12.1 Å². The van der Waals surface area contributed by atoms with E-state index in [-0.39, 0.29) is 11.7 Å². The van der Waals surface area contributed by atoms with E-state index in [1.165, 1.54) is 0 Å². The fourth-order valence-corrected chi connectivity index (χ4v) is 2.64. The van der Waals surface area contributed by atoms with E-state index >= 15 is 0 Å². The van der Waals surface area contributed by atoms with Gasteiger partial charge in [-0.15, -0.1) is 5.10 Å². The van der Waals surface area contributed by atoms with Crippen molar-refractivity contribution in [3.63, 3.8) is 0 Å². The van der Waals surface area contributed by atoms with E-state index in [0.717, 1.165) is 0 Å². The number of nitriles is 1. The minimum absolute atomic E-state index is 0.0493. The van der Waals surface area contributed by atoms with E-state index in [1.807, 2.05) is 6.07 Å². The van der Waals surface area contributed by atoms with Crippen molar-refractivity contribution in [3.05, 3.63) is 46.8 Å². The average molecular weight is 303 g/mol. The monoisotopic (exact) mass is 303 g/mol. The molecule has 1 heterocycles. The number of rotatable bonds is 4. The number of aryl methyl sites for hydroxylation is 2. The number of aromatic nitrogens is 3. The van der Waals surface area contributed by atoms with Gasteiger partial charge in [0.15, 0.2) is 0 Å². The molecule has 0 aliphatic heterocycles. The van der Waals surface area contributed by atoms with Crippen LogP contribution in [0.4, 0.5) is 5.95 Å². The number of sulfonamides is 1. The summed E-state index contributed by atoms with van der Waals surface area (Å²) in [6.45, 7) is 3.47. The van der Waals surface area contributed by atoms with Crippen LogP contribution in [0.5, 0.6) is 0 Å². The summed E-state index contributed by atoms with van der Waals surface area (Å²) in [5.74, 6) is -0.277. The molecule has 0 spiro atoms. The highest BCUT2D eigenvalue weighted by atomic mass is 32.2. The van der Waals surface area contributed by atoms with Gasteiger partial charge >= 0.3 is 0 Å². The highest BCUT2D eigenvalue weighted by Crippen LogP contribution is 2.10. The lowest BCUT2D eigenvalue weighted by Gasteiger charge is -2.07. The second kappa shape index (κ2) is 5.85. The van der Waals surface area contributed by atoms with E-state index in [4.69, 9.17) is 5.26 Å². The summed E-state index contributed by atoms with van der Waals surface area (Å²) in [7, 11) is -3.63. The second-order valence-electron chi connectivity index (χ2n) is 4.48. The molecule has 108 valence electrons. The van der Waals surface area contributed by atoms with Crippen molar-refractivity contribution < 1.29 is 8.42 Å². The van der Waals surface area contributed by atoms with Crippen LogP contribution in [0, 0.1) is 25.2 Å². The van der Waals surface area contributed by atoms with Gasteiger partial charge in [-0.05, 0) is 31.5 Å². The highest BCUT2D eigenvalue weighted by Gasteiger charge is 2.14. The molecule has 0 aliphatic rings. The number of anilines is 1. The fraction of sp³-hybridized carbons (Fsp3) is 0.231. The van der Waals surface area contributed by atoms with Crippen molar-refractivity contribution in [3.8, 4) is 6.07 Å². The largest absolute Gasteiger partial charge is 0.256 e. The lowest BCUT2D eigenvalue weighted by atomic mass is 10.2. The maximum absolute atomic E-state index is 12.0. The molecule has 0 saturated heterocycles. The molecule has 1 aromatic heterocycles. The molecular weight excluding hydrogens is 290 g/mol. The van der Waals surface area contributed by atoms with Crippen LogP contribution in [-0.4, -0.2) is 23.6 Å². The molecule has 8 heteroatoms. The zero-order chi connectivity index (χ0) is 15.5. The van der Waals surface area contributed by atoms with Gasteiger partial charge in [-0.25, -0.2) is 18.1 Å². The third-order valence-corrected chi connectivity index (χ3v) is 3.99. The third-order valence-electron chi connectivity index (χ3n) is 2.78. The van der Waals surface area contributed by atoms with Crippen LogP contribution in [0.15, 0.2) is 24.3 Å². The normalized spacial score (nSPS) is 10.9. The minimum Gasteiger partial charge on any atom is -0.250 e. The molecule has 0 unspecified atom stereocenters. The number of hydrogen-bond acceptors (Lipinski definition) is 6. The van der Waals surface area contributed by atoms with Gasteiger partial charge < -0.3 is 0 Å². The Bertz CT molecular complexity index is 794. The summed E-state index contributed by atoms with van der Waals surface area (Å²) in [4.78, 5) is 4.02. The first-order chi connectivity index (χ1) is 9.89. The van der Waals surface area contributed by atoms with Crippen LogP contribution < -0.4 is 4.72 Å². The molecular formula is C13H13N5O2S. The number of benzene rings is 1. The molecule has 0 fully saturated rings. The van der Waals surface area contributed by atoms with Gasteiger partial charge in [0.1, 0.15) is 0 Å². The van der Waals surface area contributed by atoms with Crippen LogP contribution >= 0.6 is 0 Å². The Morgan fingerprint density at radius 1 is 1.14 bits per heavy atom. The van der Waals surface area contributed by atoms with Crippen LogP contribution in [0.3, 0.4) is 0 Å². The molecule has 1 aromatic carbocycles. The lowest BCUT2D eigenvalue weighted by Crippen LogP contribution is -2.18. The maximum Gasteiger partial charge on any atom is 0.256 e. The highest BCUT2D eigenvalue weighted by molar-refractivity contribution is 7.91. The molecule has 0 amide bonds. The Hall–Kier alpha value is -2.53. The number of nitrogens with zero attached hydrogens (tertiary/aromatic N) is 4. The smallest absolute Gasteiger partial charge is 0.250 e. The summed E-state index contributed by atoms with van der Waals surface area (Å²) >= 11 is 0. The Labute approximate surface area is 122 Å². The SMILES string of the molecule is Cc1nnc(NS(=O)(=O)Cc2ccc(C#N)cc2)nc1C. The predicted molar refractivity (Wildman–Crippen MR) is 76.7 cm³/mol. The Kier molecular flexibility index (Phi) is 4.14. The van der Waals surface area contributed by atoms with Crippen molar-refractivity contribution in [2.24, 2.45) is 0 Å². The third kappa shape index (κ3) is 3.97. The van der Waals surface area contributed by atoms with Crippen LogP contribution in [0.1, 0.15) is 22.5 Å². The topological polar surface area (TPSA) is 109 Å². The van der Waals surface area contributed by atoms with E-state index in [0.29, 0.717) is 22.5 Å². The first kappa shape index (κ1) is 14.9. The minimum atomic E-state index is -3.63. The van der Waals surface area contributed by atoms with E-state index in [2.05, 4.69) is 19.9 Å². The molecule has 0 aliphatic carbocycles. The van der Waals surface area contributed by atoms with Gasteiger partial charge in [0, 0.05) is 0 Å². The molecule has 0 atom stereocenters. The summed E-state index contributed by atoms with van der Waals surface area (Å²) < 4.78 is 26.4. The van der Waals surface area contributed by atoms with Gasteiger partial charge in [0.2, 0.25) is 10.0 Å². The molecule has 21 heavy (non-hydrogen) atoms. The molecule has 0 radical (unpaired) electrons. The van der Waals surface area contributed by atoms with Crippen LogP contribution in [0.25, 0.3) is 0 Å². The zero-order valence-electron chi connectivity index (χ0n) is 11.5. The van der Waals surface area contributed by atoms with Crippen molar-refractivity contribution in [2.45, 2.75) is 19.6 Å². The second-order valence-corrected chi connectivity index (χ2v) is 6.20. The van der Waals surface area contributed by atoms with E-state index < -0.39 is 10.0 Å². The maximum atomic E-state index is 12.0. The average Bonchev–Trinajstić information content (AvgIpc) is 2.43. The lowest BCUT2D eigenvalue weighted by molar-refractivity contribution is 0.599. The predicted octanol–water partition coefficient (Wildman–Crippen LogP) is 1.30. The van der Waals surface area contributed by atoms with Gasteiger partial charge in [-0.3, -0.25) is 0 Å². The number of nitrogens with one attached hydrogen (secondary N) is 1. The molecule has 7 nitrogen and oxygen atoms in total. The fourth-order valence-electron chi connectivity index (χ4n) is 1.57. The van der Waals surface area contributed by atoms with Crippen LogP contribution in [-0.2, 0) is 15.8 Å². The Balaban J connectivity index is 2.14. The van der Waals surface area contributed by atoms with Gasteiger partial charge in [0.05, 0.1) is 28.8 Å². The van der Waals surface area contributed by atoms with Gasteiger partial charge in [-0.2, -0.15) is 10.4 Å². The Morgan fingerprint density at radius 3 is 2.38 bits per heavy atom. The number of hydrogen-bond donors (Lipinski definition) is 1. The standard InChI is InChI=1S/C13H13N5O2S/c1-9-10(2)16-17-13(15-9)18-21(19,20)8-12-5-3-11(7-14)4-6-12/h3-6H,8H2,1-2H3,(H,15,17,18). The Morgan fingerprint density at radius 2 is 1.81 bits per heavy atom. The van der Waals surface area contributed by atoms with Crippen molar-refractivity contribution in [1.82, 2.24) is 15.2 Å². The summed E-state index contributed by atoms with van der Waals surface area (Å²) in [5.41, 5.74) is 2.30. The first-order valence-electron chi connectivity index (χ1n) is 6.07. The molecule has 0 saturated carbocycles. The van der Waals surface area contributed by atoms with Gasteiger partial charge in [0.25, 0.3) is 5.95 Å². The van der Waals surface area contributed by atoms with Crippen molar-refractivity contribution >= 4 is 16.0 Å². The van der Waals surface area contributed by atoms with E-state index in [1.54, 1.807) is 38.1 Å². The molecule has 1 N–H and O–H groups in total. The van der Waals surface area contributed by atoms with Crippen LogP contribution in [0.2, 0.25) is 0 Å². The molecule has 0 bridgehead atoms. The first-order valence-corrected chi connectivity index (χ1v) is 7.72. The summed E-state index contributed by atoms with van der Waals surface area (Å²) in [5, 5.41) is 16.2. The van der Waals surface area contributed by atoms with E-state index in [9.17, 15) is 8.42 Å². The van der Waals surface area contributed by atoms with Crippen molar-refractivity contribution in [1.29, 1.82) is 5.26 Å². The molecule has 2 rings (SSSR count). The van der Waals surface area contributed by atoms with Crippen molar-refractivity contribution in [2.75, 3.05) is 4.72 Å². The molecule has 2 aromatic rings. The quantitative estimate of drug-likeness (QED) is 0.912. The summed E-state index contributed by atoms with van der Waals surface area (Å²) in [6.07, 6.45) is 0. The summed E-state index contributed by atoms with van der Waals surface area (Å²) in [6, 6.07) is 8.30.